The van der Waals surface area contributed by atoms with E-state index in [-0.39, 0.29) is 25.1 Å². The molecule has 0 unspecified atom stereocenters. The summed E-state index contributed by atoms with van der Waals surface area (Å²) in [6, 6.07) is -0.251. The topological polar surface area (TPSA) is 81.1 Å². The summed E-state index contributed by atoms with van der Waals surface area (Å²) in [5, 5.41) is 17.5. The molecular weight excluding hydrogens is 212 g/mol. The summed E-state index contributed by atoms with van der Waals surface area (Å²) in [4.78, 5) is 25.0. The van der Waals surface area contributed by atoms with E-state index in [0.717, 1.165) is 12.8 Å². The van der Waals surface area contributed by atoms with Gasteiger partial charge in [-0.2, -0.15) is 0 Å². The highest BCUT2D eigenvalue weighted by Crippen LogP contribution is 2.17. The second-order valence-electron chi connectivity index (χ2n) is 4.15. The predicted molar refractivity (Wildman–Crippen MR) is 57.0 cm³/mol. The molecule has 2 amide bonds. The molecule has 1 saturated heterocycles. The zero-order chi connectivity index (χ0) is 12.1. The number of hydrogen-bond acceptors (Lipinski definition) is 3. The molecule has 1 heterocycles. The van der Waals surface area contributed by atoms with E-state index in [1.807, 2.05) is 0 Å². The van der Waals surface area contributed by atoms with Crippen molar-refractivity contribution >= 4 is 12.0 Å². The van der Waals surface area contributed by atoms with Crippen LogP contribution in [0.5, 0.6) is 0 Å². The van der Waals surface area contributed by atoms with Crippen LogP contribution in [0.4, 0.5) is 4.79 Å². The molecule has 6 heteroatoms. The van der Waals surface area contributed by atoms with Crippen molar-refractivity contribution in [2.45, 2.75) is 12.8 Å². The summed E-state index contributed by atoms with van der Waals surface area (Å²) in [6.07, 6.45) is 1.56. The fourth-order valence-corrected chi connectivity index (χ4v) is 1.82. The summed E-state index contributed by atoms with van der Waals surface area (Å²) < 4.78 is 0. The Morgan fingerprint density at radius 2 is 1.94 bits per heavy atom. The number of aliphatic carboxylic acids is 1. The fraction of sp³-hybridized carbons (Fsp3) is 0.800. The van der Waals surface area contributed by atoms with Crippen LogP contribution in [-0.4, -0.2) is 65.3 Å². The third kappa shape index (κ3) is 3.37. The van der Waals surface area contributed by atoms with Crippen LogP contribution in [0, 0.1) is 5.92 Å². The highest BCUT2D eigenvalue weighted by Gasteiger charge is 2.24. The number of carbonyl (C=O) groups is 2. The van der Waals surface area contributed by atoms with Gasteiger partial charge in [0.05, 0.1) is 0 Å². The van der Waals surface area contributed by atoms with Gasteiger partial charge in [0.15, 0.2) is 0 Å². The van der Waals surface area contributed by atoms with Gasteiger partial charge in [0, 0.05) is 26.7 Å². The first-order chi connectivity index (χ1) is 7.54. The Morgan fingerprint density at radius 3 is 2.38 bits per heavy atom. The zero-order valence-electron chi connectivity index (χ0n) is 9.43. The Bertz CT molecular complexity index is 262. The number of carboxylic acids is 1. The van der Waals surface area contributed by atoms with Crippen LogP contribution in [0.3, 0.4) is 0 Å². The molecule has 16 heavy (non-hydrogen) atoms. The molecule has 0 spiro atoms. The average Bonchev–Trinajstić information content (AvgIpc) is 2.27. The lowest BCUT2D eigenvalue weighted by Crippen LogP contribution is -2.46. The summed E-state index contributed by atoms with van der Waals surface area (Å²) in [6.45, 7) is 1.06. The van der Waals surface area contributed by atoms with Crippen molar-refractivity contribution in [1.29, 1.82) is 0 Å². The first kappa shape index (κ1) is 12.8. The van der Waals surface area contributed by atoms with Crippen LogP contribution < -0.4 is 0 Å². The molecule has 0 bridgehead atoms. The predicted octanol–water partition coefficient (Wildman–Crippen LogP) is -0.173. The fourth-order valence-electron chi connectivity index (χ4n) is 1.82. The van der Waals surface area contributed by atoms with E-state index in [1.54, 1.807) is 4.90 Å². The normalized spacial score (nSPS) is 17.2. The number of carboxylic acid groups (broad SMARTS) is 1. The van der Waals surface area contributed by atoms with Gasteiger partial charge >= 0.3 is 12.0 Å². The number of amides is 2. The summed E-state index contributed by atoms with van der Waals surface area (Å²) >= 11 is 0. The number of aliphatic hydroxyl groups excluding tert-OH is 1. The van der Waals surface area contributed by atoms with Crippen LogP contribution in [0.15, 0.2) is 0 Å². The van der Waals surface area contributed by atoms with Gasteiger partial charge in [0.2, 0.25) is 0 Å². The quantitative estimate of drug-likeness (QED) is 0.705. The summed E-state index contributed by atoms with van der Waals surface area (Å²) in [7, 11) is 1.48. The van der Waals surface area contributed by atoms with E-state index in [1.165, 1.54) is 11.9 Å². The molecule has 6 nitrogen and oxygen atoms in total. The van der Waals surface area contributed by atoms with Gasteiger partial charge in [-0.25, -0.2) is 4.79 Å². The molecule has 1 aliphatic heterocycles. The molecule has 1 fully saturated rings. The first-order valence-electron chi connectivity index (χ1n) is 5.37. The molecule has 0 aliphatic carbocycles. The second-order valence-corrected chi connectivity index (χ2v) is 4.15. The molecular formula is C10H18N2O4. The lowest BCUT2D eigenvalue weighted by atomic mass is 9.98. The minimum Gasteiger partial charge on any atom is -0.480 e. The Hall–Kier alpha value is -1.30. The van der Waals surface area contributed by atoms with Crippen molar-refractivity contribution in [3.63, 3.8) is 0 Å². The molecule has 0 aromatic rings. The molecule has 1 rings (SSSR count). The van der Waals surface area contributed by atoms with Gasteiger partial charge in [-0.3, -0.25) is 4.79 Å². The van der Waals surface area contributed by atoms with Crippen LogP contribution in [0.1, 0.15) is 12.8 Å². The number of urea groups is 1. The Labute approximate surface area is 94.4 Å². The lowest BCUT2D eigenvalue weighted by Gasteiger charge is -2.33. The minimum atomic E-state index is -1.01. The third-order valence-corrected chi connectivity index (χ3v) is 2.84. The Kier molecular flexibility index (Phi) is 4.54. The van der Waals surface area contributed by atoms with Crippen LogP contribution >= 0.6 is 0 Å². The largest absolute Gasteiger partial charge is 0.480 e. The van der Waals surface area contributed by atoms with E-state index in [9.17, 15) is 9.59 Å². The second kappa shape index (κ2) is 5.69. The van der Waals surface area contributed by atoms with E-state index >= 15 is 0 Å². The molecule has 0 radical (unpaired) electrons. The average molecular weight is 230 g/mol. The van der Waals surface area contributed by atoms with Crippen LogP contribution in [0.2, 0.25) is 0 Å². The highest BCUT2D eigenvalue weighted by molar-refractivity contribution is 5.79. The lowest BCUT2D eigenvalue weighted by molar-refractivity contribution is -0.137. The number of carbonyl (C=O) groups excluding carboxylic acids is 1. The van der Waals surface area contributed by atoms with E-state index in [0.29, 0.717) is 13.1 Å². The zero-order valence-corrected chi connectivity index (χ0v) is 9.43. The first-order valence-corrected chi connectivity index (χ1v) is 5.37. The van der Waals surface area contributed by atoms with Gasteiger partial charge in [-0.05, 0) is 18.8 Å². The number of piperidine rings is 1. The maximum absolute atomic E-state index is 11.8. The molecule has 2 N–H and O–H groups in total. The number of hydrogen-bond donors (Lipinski definition) is 2. The molecule has 0 saturated carbocycles. The molecule has 0 aromatic heterocycles. The van der Waals surface area contributed by atoms with Gasteiger partial charge in [-0.1, -0.05) is 0 Å². The van der Waals surface area contributed by atoms with Crippen molar-refractivity contribution < 1.29 is 19.8 Å². The molecule has 0 atom stereocenters. The number of nitrogens with zero attached hydrogens (tertiary/aromatic N) is 2. The van der Waals surface area contributed by atoms with Gasteiger partial charge in [-0.15, -0.1) is 0 Å². The smallest absolute Gasteiger partial charge is 0.323 e. The highest BCUT2D eigenvalue weighted by atomic mass is 16.4. The van der Waals surface area contributed by atoms with Crippen LogP contribution in [-0.2, 0) is 4.79 Å². The van der Waals surface area contributed by atoms with E-state index < -0.39 is 5.97 Å². The van der Waals surface area contributed by atoms with E-state index in [4.69, 9.17) is 10.2 Å². The van der Waals surface area contributed by atoms with Gasteiger partial charge in [0.1, 0.15) is 6.54 Å². The Balaban J connectivity index is 2.40. The van der Waals surface area contributed by atoms with E-state index in [2.05, 4.69) is 0 Å². The number of aliphatic hydroxyl groups is 1. The van der Waals surface area contributed by atoms with Crippen molar-refractivity contribution in [3.8, 4) is 0 Å². The summed E-state index contributed by atoms with van der Waals surface area (Å²) in [5.41, 5.74) is 0. The maximum Gasteiger partial charge on any atom is 0.323 e. The SMILES string of the molecule is CN(CC(=O)O)C(=O)N1CCC(CO)CC1. The standard InChI is InChI=1S/C10H18N2O4/c1-11(6-9(14)15)10(16)12-4-2-8(7-13)3-5-12/h8,13H,2-7H2,1H3,(H,14,15). The molecule has 92 valence electrons. The summed E-state index contributed by atoms with van der Waals surface area (Å²) in [5.74, 6) is -0.741. The van der Waals surface area contributed by atoms with Crippen molar-refractivity contribution in [2.75, 3.05) is 33.3 Å². The van der Waals surface area contributed by atoms with Crippen molar-refractivity contribution in [1.82, 2.24) is 9.80 Å². The number of likely N-dealkylation sites (tertiary alicyclic amines) is 1. The van der Waals surface area contributed by atoms with Gasteiger partial charge in [0.25, 0.3) is 0 Å². The molecule has 1 aliphatic rings. The maximum atomic E-state index is 11.8. The van der Waals surface area contributed by atoms with Crippen molar-refractivity contribution in [2.24, 2.45) is 5.92 Å². The number of rotatable bonds is 3. The third-order valence-electron chi connectivity index (χ3n) is 2.84. The van der Waals surface area contributed by atoms with Gasteiger partial charge < -0.3 is 20.0 Å². The Morgan fingerprint density at radius 1 is 1.38 bits per heavy atom. The number of likely N-dealkylation sites (N-methyl/N-ethyl adjacent to an activating group) is 1. The van der Waals surface area contributed by atoms with Crippen LogP contribution in [0.25, 0.3) is 0 Å². The van der Waals surface area contributed by atoms with Crippen molar-refractivity contribution in [3.05, 3.63) is 0 Å². The molecule has 0 aromatic carbocycles. The monoisotopic (exact) mass is 230 g/mol. The minimum absolute atomic E-state index is 0.160.